The van der Waals surface area contributed by atoms with Crippen molar-refractivity contribution in [2.24, 2.45) is 10.7 Å². The number of nitrogens with one attached hydrogen (secondary N) is 1. The number of rotatable bonds is 5. The zero-order valence-corrected chi connectivity index (χ0v) is 14.7. The van der Waals surface area contributed by atoms with Crippen LogP contribution in [0.2, 0.25) is 0 Å². The number of aliphatic imine (C=N–C) groups is 1. The second-order valence-electron chi connectivity index (χ2n) is 5.96. The lowest BCUT2D eigenvalue weighted by atomic mass is 10.1. The fourth-order valence-corrected chi connectivity index (χ4v) is 2.83. The number of anilines is 1. The molecule has 0 fully saturated rings. The summed E-state index contributed by atoms with van der Waals surface area (Å²) in [5, 5.41) is 3.06. The maximum absolute atomic E-state index is 5.99. The Kier molecular flexibility index (Phi) is 4.97. The summed E-state index contributed by atoms with van der Waals surface area (Å²) in [5.41, 5.74) is 8.94. The highest BCUT2D eigenvalue weighted by Crippen LogP contribution is 2.35. The van der Waals surface area contributed by atoms with Crippen LogP contribution in [0.15, 0.2) is 41.4 Å². The minimum Gasteiger partial charge on any atom is -0.497 e. The lowest BCUT2D eigenvalue weighted by molar-refractivity contribution is 0.254. The van der Waals surface area contributed by atoms with E-state index in [1.54, 1.807) is 14.2 Å². The molecule has 3 N–H and O–H groups in total. The monoisotopic (exact) mass is 341 g/mol. The number of benzene rings is 2. The largest absolute Gasteiger partial charge is 0.497 e. The Morgan fingerprint density at radius 3 is 2.68 bits per heavy atom. The number of nitrogens with zero attached hydrogens (tertiary/aromatic N) is 1. The quantitative estimate of drug-likeness (QED) is 0.646. The second-order valence-corrected chi connectivity index (χ2v) is 5.96. The van der Waals surface area contributed by atoms with Gasteiger partial charge in [0.1, 0.15) is 23.4 Å². The molecule has 1 aliphatic heterocycles. The summed E-state index contributed by atoms with van der Waals surface area (Å²) in [6.45, 7) is 2.46. The predicted octanol–water partition coefficient (Wildman–Crippen LogP) is 2.95. The molecule has 1 unspecified atom stereocenters. The molecule has 0 amide bonds. The zero-order valence-electron chi connectivity index (χ0n) is 14.7. The topological polar surface area (TPSA) is 78.1 Å². The number of guanidine groups is 1. The van der Waals surface area contributed by atoms with Crippen molar-refractivity contribution in [3.8, 4) is 17.2 Å². The number of nitrogens with two attached hydrogens (primary N) is 1. The molecule has 0 radical (unpaired) electrons. The Balaban J connectivity index is 1.71. The summed E-state index contributed by atoms with van der Waals surface area (Å²) >= 11 is 0. The minimum absolute atomic E-state index is 0.195. The normalized spacial score (nSPS) is 16.1. The molecule has 0 spiro atoms. The van der Waals surface area contributed by atoms with E-state index in [0.717, 1.165) is 34.9 Å². The molecule has 2 aromatic carbocycles. The van der Waals surface area contributed by atoms with Crippen LogP contribution in [-0.4, -0.2) is 26.3 Å². The highest BCUT2D eigenvalue weighted by atomic mass is 16.5. The van der Waals surface area contributed by atoms with Crippen molar-refractivity contribution < 1.29 is 14.2 Å². The van der Waals surface area contributed by atoms with Crippen LogP contribution in [0.5, 0.6) is 17.2 Å². The van der Waals surface area contributed by atoms with Gasteiger partial charge in [0, 0.05) is 23.2 Å². The highest BCUT2D eigenvalue weighted by molar-refractivity contribution is 5.92. The van der Waals surface area contributed by atoms with Crippen molar-refractivity contribution in [2.75, 3.05) is 19.5 Å². The second kappa shape index (κ2) is 7.34. The van der Waals surface area contributed by atoms with Gasteiger partial charge in [-0.3, -0.25) is 0 Å². The Morgan fingerprint density at radius 1 is 1.24 bits per heavy atom. The molecule has 3 rings (SSSR count). The molecule has 1 atom stereocenters. The summed E-state index contributed by atoms with van der Waals surface area (Å²) in [5.74, 6) is 2.83. The first kappa shape index (κ1) is 17.0. The van der Waals surface area contributed by atoms with E-state index >= 15 is 0 Å². The summed E-state index contributed by atoms with van der Waals surface area (Å²) in [6, 6.07) is 11.5. The molecule has 6 nitrogen and oxygen atoms in total. The third-order valence-corrected chi connectivity index (χ3v) is 4.08. The van der Waals surface area contributed by atoms with Crippen molar-refractivity contribution in [1.82, 2.24) is 0 Å². The van der Waals surface area contributed by atoms with Crippen LogP contribution in [-0.2, 0) is 13.0 Å². The highest BCUT2D eigenvalue weighted by Gasteiger charge is 2.21. The zero-order chi connectivity index (χ0) is 17.8. The molecular formula is C19H23N3O3. The maximum Gasteiger partial charge on any atom is 0.193 e. The molecule has 0 aliphatic carbocycles. The Bertz CT molecular complexity index is 772. The van der Waals surface area contributed by atoms with Crippen LogP contribution in [0.25, 0.3) is 0 Å². The third kappa shape index (κ3) is 3.96. The predicted molar refractivity (Wildman–Crippen MR) is 98.7 cm³/mol. The van der Waals surface area contributed by atoms with E-state index in [4.69, 9.17) is 19.9 Å². The Hall–Kier alpha value is -2.89. The molecule has 25 heavy (non-hydrogen) atoms. The van der Waals surface area contributed by atoms with Crippen LogP contribution in [0.1, 0.15) is 18.1 Å². The van der Waals surface area contributed by atoms with E-state index in [2.05, 4.69) is 17.2 Å². The third-order valence-electron chi connectivity index (χ3n) is 4.08. The van der Waals surface area contributed by atoms with Crippen molar-refractivity contribution in [2.45, 2.75) is 26.0 Å². The van der Waals surface area contributed by atoms with E-state index in [-0.39, 0.29) is 6.10 Å². The first-order chi connectivity index (χ1) is 12.1. The molecule has 0 aromatic heterocycles. The fourth-order valence-electron chi connectivity index (χ4n) is 2.83. The smallest absolute Gasteiger partial charge is 0.193 e. The molecule has 2 aromatic rings. The summed E-state index contributed by atoms with van der Waals surface area (Å²) < 4.78 is 16.4. The van der Waals surface area contributed by atoms with E-state index in [1.165, 1.54) is 5.56 Å². The molecule has 0 saturated carbocycles. The van der Waals surface area contributed by atoms with Crippen LogP contribution >= 0.6 is 0 Å². The van der Waals surface area contributed by atoms with Crippen molar-refractivity contribution in [3.63, 3.8) is 0 Å². The molecular weight excluding hydrogens is 318 g/mol. The standard InChI is InChI=1S/C19H23N3O3/c1-12-8-13-9-17(24-3)14(10-18(13)25-12)11-21-19(20)22-15-4-6-16(23-2)7-5-15/h4-7,9-10,12H,8,11H2,1-3H3,(H3,20,21,22). The average Bonchev–Trinajstić information content (AvgIpc) is 2.98. The molecule has 1 aliphatic rings. The SMILES string of the molecule is COc1ccc(NC(N)=NCc2cc3c(cc2OC)CC(C)O3)cc1. The first-order valence-electron chi connectivity index (χ1n) is 8.16. The average molecular weight is 341 g/mol. The van der Waals surface area contributed by atoms with Crippen LogP contribution < -0.4 is 25.3 Å². The van der Waals surface area contributed by atoms with Gasteiger partial charge in [-0.25, -0.2) is 4.99 Å². The van der Waals surface area contributed by atoms with Gasteiger partial charge in [-0.2, -0.15) is 0 Å². The summed E-state index contributed by atoms with van der Waals surface area (Å²) in [6.07, 6.45) is 1.09. The summed E-state index contributed by atoms with van der Waals surface area (Å²) in [7, 11) is 3.29. The molecule has 0 bridgehead atoms. The van der Waals surface area contributed by atoms with Gasteiger partial charge in [-0.1, -0.05) is 0 Å². The van der Waals surface area contributed by atoms with Crippen molar-refractivity contribution >= 4 is 11.6 Å². The lowest BCUT2D eigenvalue weighted by Crippen LogP contribution is -2.22. The van der Waals surface area contributed by atoms with E-state index in [1.807, 2.05) is 36.4 Å². The van der Waals surface area contributed by atoms with Crippen molar-refractivity contribution in [1.29, 1.82) is 0 Å². The van der Waals surface area contributed by atoms with Gasteiger partial charge in [0.05, 0.1) is 20.8 Å². The lowest BCUT2D eigenvalue weighted by Gasteiger charge is -2.10. The number of hydrogen-bond donors (Lipinski definition) is 2. The van der Waals surface area contributed by atoms with Gasteiger partial charge in [-0.15, -0.1) is 0 Å². The minimum atomic E-state index is 0.195. The van der Waals surface area contributed by atoms with Crippen LogP contribution in [0.3, 0.4) is 0 Å². The van der Waals surface area contributed by atoms with Gasteiger partial charge >= 0.3 is 0 Å². The molecule has 6 heteroatoms. The Morgan fingerprint density at radius 2 is 2.00 bits per heavy atom. The molecule has 0 saturated heterocycles. The number of methoxy groups -OCH3 is 2. The van der Waals surface area contributed by atoms with Gasteiger partial charge < -0.3 is 25.3 Å². The molecule has 1 heterocycles. The van der Waals surface area contributed by atoms with Crippen LogP contribution in [0, 0.1) is 0 Å². The van der Waals surface area contributed by atoms with Crippen molar-refractivity contribution in [3.05, 3.63) is 47.5 Å². The summed E-state index contributed by atoms with van der Waals surface area (Å²) in [4.78, 5) is 4.40. The fraction of sp³-hybridized carbons (Fsp3) is 0.316. The van der Waals surface area contributed by atoms with Gasteiger partial charge in [0.15, 0.2) is 5.96 Å². The number of hydrogen-bond acceptors (Lipinski definition) is 4. The first-order valence-corrected chi connectivity index (χ1v) is 8.16. The Labute approximate surface area is 147 Å². The maximum atomic E-state index is 5.99. The van der Waals surface area contributed by atoms with Gasteiger partial charge in [-0.05, 0) is 43.3 Å². The number of fused-ring (bicyclic) bond motifs is 1. The van der Waals surface area contributed by atoms with E-state index in [0.29, 0.717) is 12.5 Å². The number of ether oxygens (including phenoxy) is 3. The van der Waals surface area contributed by atoms with E-state index in [9.17, 15) is 0 Å². The van der Waals surface area contributed by atoms with Gasteiger partial charge in [0.25, 0.3) is 0 Å². The van der Waals surface area contributed by atoms with E-state index < -0.39 is 0 Å². The van der Waals surface area contributed by atoms with Crippen LogP contribution in [0.4, 0.5) is 5.69 Å². The van der Waals surface area contributed by atoms with Gasteiger partial charge in [0.2, 0.25) is 0 Å². The molecule has 132 valence electrons.